The zero-order chi connectivity index (χ0) is 12.6. The van der Waals surface area contributed by atoms with E-state index in [4.69, 9.17) is 15.0 Å². The van der Waals surface area contributed by atoms with Gasteiger partial charge in [-0.25, -0.2) is 0 Å². The summed E-state index contributed by atoms with van der Waals surface area (Å²) < 4.78 is 11.4. The first-order valence-corrected chi connectivity index (χ1v) is 6.88. The highest BCUT2D eigenvalue weighted by atomic mass is 16.5. The molecule has 4 heteroatoms. The Hall–Kier alpha value is -0.840. The van der Waals surface area contributed by atoms with Crippen LogP contribution in [0, 0.1) is 12.8 Å². The average molecular weight is 250 g/mol. The minimum Gasteiger partial charge on any atom is -0.469 e. The van der Waals surface area contributed by atoms with Gasteiger partial charge in [-0.2, -0.15) is 0 Å². The molecule has 2 atom stereocenters. The number of furan rings is 1. The lowest BCUT2D eigenvalue weighted by Crippen LogP contribution is -2.48. The summed E-state index contributed by atoms with van der Waals surface area (Å²) in [6, 6.07) is 2.26. The Bertz CT molecular complexity index is 412. The molecule has 0 bridgehead atoms. The molecule has 18 heavy (non-hydrogen) atoms. The van der Waals surface area contributed by atoms with E-state index in [1.165, 1.54) is 19.3 Å². The van der Waals surface area contributed by atoms with Crippen LogP contribution in [0.4, 0.5) is 0 Å². The van der Waals surface area contributed by atoms with E-state index in [0.29, 0.717) is 5.92 Å². The average Bonchev–Trinajstić information content (AvgIpc) is 2.75. The molecule has 2 aliphatic rings. The maximum atomic E-state index is 5.98. The van der Waals surface area contributed by atoms with Gasteiger partial charge in [0, 0.05) is 12.2 Å². The lowest BCUT2D eigenvalue weighted by molar-refractivity contribution is -0.147. The molecule has 1 saturated heterocycles. The molecule has 1 spiro atoms. The minimum absolute atomic E-state index is 0.163. The first-order valence-electron chi connectivity index (χ1n) is 6.88. The van der Waals surface area contributed by atoms with Crippen molar-refractivity contribution < 1.29 is 9.15 Å². The van der Waals surface area contributed by atoms with E-state index in [-0.39, 0.29) is 11.6 Å². The molecule has 2 unspecified atom stereocenters. The molecular formula is C14H22N2O2. The van der Waals surface area contributed by atoms with E-state index in [1.54, 1.807) is 0 Å². The van der Waals surface area contributed by atoms with Gasteiger partial charge < -0.3 is 9.15 Å². The smallest absolute Gasteiger partial charge is 0.101 e. The normalized spacial score (nSPS) is 28.0. The van der Waals surface area contributed by atoms with E-state index in [0.717, 1.165) is 30.8 Å². The van der Waals surface area contributed by atoms with Gasteiger partial charge in [-0.1, -0.05) is 0 Å². The summed E-state index contributed by atoms with van der Waals surface area (Å²) in [5, 5.41) is 0. The molecule has 3 N–H and O–H groups in total. The zero-order valence-electron chi connectivity index (χ0n) is 10.9. The molecule has 0 radical (unpaired) electrons. The van der Waals surface area contributed by atoms with Gasteiger partial charge in [0.2, 0.25) is 0 Å². The Labute approximate surface area is 108 Å². The largest absolute Gasteiger partial charge is 0.469 e. The summed E-state index contributed by atoms with van der Waals surface area (Å²) in [6.45, 7) is 2.83. The summed E-state index contributed by atoms with van der Waals surface area (Å²) in [5.41, 5.74) is 4.30. The van der Waals surface area contributed by atoms with Gasteiger partial charge in [0.15, 0.2) is 0 Å². The molecule has 3 rings (SSSR count). The Morgan fingerprint density at radius 1 is 1.50 bits per heavy atom. The fraction of sp³-hybridized carbons (Fsp3) is 0.714. The minimum atomic E-state index is 0.163. The van der Waals surface area contributed by atoms with Crippen LogP contribution in [-0.2, 0) is 4.74 Å². The van der Waals surface area contributed by atoms with Crippen molar-refractivity contribution in [2.24, 2.45) is 11.8 Å². The second-order valence-corrected chi connectivity index (χ2v) is 5.77. The Morgan fingerprint density at radius 3 is 2.89 bits per heavy atom. The number of hydrazine groups is 1. The fourth-order valence-corrected chi connectivity index (χ4v) is 3.40. The molecule has 2 fully saturated rings. The molecule has 1 aliphatic heterocycles. The molecule has 1 aliphatic carbocycles. The van der Waals surface area contributed by atoms with Crippen LogP contribution in [0.15, 0.2) is 16.7 Å². The monoisotopic (exact) mass is 250 g/mol. The summed E-state index contributed by atoms with van der Waals surface area (Å²) in [6.07, 6.45) is 7.74. The predicted octanol–water partition coefficient (Wildman–Crippen LogP) is 2.44. The molecule has 0 amide bonds. The van der Waals surface area contributed by atoms with E-state index >= 15 is 0 Å². The Morgan fingerprint density at radius 2 is 2.33 bits per heavy atom. The van der Waals surface area contributed by atoms with Gasteiger partial charge >= 0.3 is 0 Å². The van der Waals surface area contributed by atoms with Crippen molar-refractivity contribution >= 4 is 0 Å². The van der Waals surface area contributed by atoms with Gasteiger partial charge in [0.05, 0.1) is 17.9 Å². The molecule has 0 aromatic carbocycles. The van der Waals surface area contributed by atoms with Crippen LogP contribution in [0.25, 0.3) is 0 Å². The van der Waals surface area contributed by atoms with Crippen molar-refractivity contribution in [1.29, 1.82) is 0 Å². The van der Waals surface area contributed by atoms with Crippen molar-refractivity contribution in [1.82, 2.24) is 5.43 Å². The number of nitrogens with two attached hydrogens (primary N) is 1. The second-order valence-electron chi connectivity index (χ2n) is 5.77. The van der Waals surface area contributed by atoms with Crippen molar-refractivity contribution in [2.45, 2.75) is 50.7 Å². The van der Waals surface area contributed by atoms with E-state index in [1.807, 2.05) is 13.2 Å². The number of nitrogens with one attached hydrogen (secondary N) is 1. The number of hydrogen-bond acceptors (Lipinski definition) is 4. The van der Waals surface area contributed by atoms with E-state index < -0.39 is 0 Å². The van der Waals surface area contributed by atoms with Crippen molar-refractivity contribution in [2.75, 3.05) is 6.61 Å². The third kappa shape index (κ3) is 2.09. The van der Waals surface area contributed by atoms with Crippen LogP contribution < -0.4 is 11.3 Å². The molecule has 100 valence electrons. The number of rotatable bonds is 3. The van der Waals surface area contributed by atoms with Gasteiger partial charge in [-0.05, 0) is 51.0 Å². The summed E-state index contributed by atoms with van der Waals surface area (Å²) in [5.74, 6) is 7.24. The second kappa shape index (κ2) is 4.68. The SMILES string of the molecule is Cc1cc(C(NN)C2CCOC3(CCC3)C2)co1. The summed E-state index contributed by atoms with van der Waals surface area (Å²) in [7, 11) is 0. The van der Waals surface area contributed by atoms with Crippen molar-refractivity contribution in [3.8, 4) is 0 Å². The van der Waals surface area contributed by atoms with Gasteiger partial charge in [-0.15, -0.1) is 0 Å². The molecule has 2 heterocycles. The highest BCUT2D eigenvalue weighted by Crippen LogP contribution is 2.47. The lowest BCUT2D eigenvalue weighted by Gasteiger charge is -2.48. The third-order valence-electron chi connectivity index (χ3n) is 4.56. The lowest BCUT2D eigenvalue weighted by atomic mass is 9.70. The molecule has 1 aromatic heterocycles. The maximum Gasteiger partial charge on any atom is 0.101 e. The molecular weight excluding hydrogens is 228 g/mol. The Balaban J connectivity index is 1.75. The standard InChI is InChI=1S/C14H22N2O2/c1-10-7-12(9-17-10)13(16-15)11-3-6-18-14(8-11)4-2-5-14/h7,9,11,13,16H,2-6,8,15H2,1H3. The van der Waals surface area contributed by atoms with Gasteiger partial charge in [-0.3, -0.25) is 11.3 Å². The predicted molar refractivity (Wildman–Crippen MR) is 68.8 cm³/mol. The van der Waals surface area contributed by atoms with Gasteiger partial charge in [0.25, 0.3) is 0 Å². The van der Waals surface area contributed by atoms with Gasteiger partial charge in [0.1, 0.15) is 5.76 Å². The fourth-order valence-electron chi connectivity index (χ4n) is 3.40. The first kappa shape index (κ1) is 12.2. The van der Waals surface area contributed by atoms with Crippen molar-refractivity contribution in [3.63, 3.8) is 0 Å². The van der Waals surface area contributed by atoms with Crippen LogP contribution in [0.5, 0.6) is 0 Å². The quantitative estimate of drug-likeness (QED) is 0.639. The van der Waals surface area contributed by atoms with Crippen LogP contribution in [0.3, 0.4) is 0 Å². The first-order chi connectivity index (χ1) is 8.72. The van der Waals surface area contributed by atoms with Crippen LogP contribution in [-0.4, -0.2) is 12.2 Å². The van der Waals surface area contributed by atoms with Crippen LogP contribution >= 0.6 is 0 Å². The van der Waals surface area contributed by atoms with Crippen LogP contribution in [0.2, 0.25) is 0 Å². The molecule has 1 aromatic rings. The summed E-state index contributed by atoms with van der Waals surface area (Å²) in [4.78, 5) is 0. The summed E-state index contributed by atoms with van der Waals surface area (Å²) >= 11 is 0. The topological polar surface area (TPSA) is 60.4 Å². The molecule has 4 nitrogen and oxygen atoms in total. The third-order valence-corrected chi connectivity index (χ3v) is 4.56. The van der Waals surface area contributed by atoms with E-state index in [2.05, 4.69) is 11.5 Å². The highest BCUT2D eigenvalue weighted by molar-refractivity contribution is 5.18. The maximum absolute atomic E-state index is 5.98. The van der Waals surface area contributed by atoms with Crippen molar-refractivity contribution in [3.05, 3.63) is 23.7 Å². The number of ether oxygens (including phenoxy) is 1. The Kier molecular flexibility index (Phi) is 3.18. The molecule has 1 saturated carbocycles. The highest BCUT2D eigenvalue weighted by Gasteiger charge is 2.44. The number of hydrogen-bond donors (Lipinski definition) is 2. The number of aryl methyl sites for hydroxylation is 1. The van der Waals surface area contributed by atoms with Crippen LogP contribution in [0.1, 0.15) is 49.5 Å². The van der Waals surface area contributed by atoms with E-state index in [9.17, 15) is 0 Å². The zero-order valence-corrected chi connectivity index (χ0v) is 10.9.